The Hall–Kier alpha value is -1.37. The first-order valence-electron chi connectivity index (χ1n) is 3.74. The molecule has 1 aromatic heterocycles. The number of carbonyl (C=O) groups is 1. The fourth-order valence-electron chi connectivity index (χ4n) is 0.930. The van der Waals surface area contributed by atoms with E-state index in [1.54, 1.807) is 0 Å². The summed E-state index contributed by atoms with van der Waals surface area (Å²) in [5.41, 5.74) is 0. The zero-order valence-corrected chi connectivity index (χ0v) is 8.61. The summed E-state index contributed by atoms with van der Waals surface area (Å²) in [6.07, 6.45) is 2.84. The number of ether oxygens (including phenoxy) is 1. The quantitative estimate of drug-likeness (QED) is 0.631. The van der Waals surface area contributed by atoms with Crippen molar-refractivity contribution in [2.45, 2.75) is 5.16 Å². The summed E-state index contributed by atoms with van der Waals surface area (Å²) >= 11 is 0. The number of carbonyl (C=O) groups excluding carboxylic acids is 1. The van der Waals surface area contributed by atoms with E-state index in [4.69, 9.17) is 0 Å². The largest absolute Gasteiger partial charge is 0.468 e. The number of hydrogen-bond acceptors (Lipinski definition) is 5. The van der Waals surface area contributed by atoms with Crippen molar-refractivity contribution in [3.05, 3.63) is 12.4 Å². The molecule has 0 atom stereocenters. The lowest BCUT2D eigenvalue weighted by Gasteiger charge is -2.02. The second-order valence-electron chi connectivity index (χ2n) is 2.66. The Morgan fingerprint density at radius 3 is 2.71 bits per heavy atom. The number of aryl methyl sites for hydroxylation is 1. The molecule has 0 fully saturated rings. The summed E-state index contributed by atoms with van der Waals surface area (Å²) in [6, 6.07) is 0. The standard InChI is InChI=1S/C7H10N2O4S/c1-9-4-3-8-7(9)14(11,12)5-6(10)13-2/h3-4H,5H2,1-2H3. The van der Waals surface area contributed by atoms with Gasteiger partial charge < -0.3 is 9.30 Å². The second kappa shape index (κ2) is 3.79. The predicted octanol–water partition coefficient (Wildman–Crippen LogP) is -0.633. The third-order valence-electron chi connectivity index (χ3n) is 1.59. The predicted molar refractivity (Wildman–Crippen MR) is 47.3 cm³/mol. The normalized spacial score (nSPS) is 11.3. The van der Waals surface area contributed by atoms with E-state index in [1.165, 1.54) is 24.0 Å². The molecule has 14 heavy (non-hydrogen) atoms. The average molecular weight is 218 g/mol. The van der Waals surface area contributed by atoms with Crippen molar-refractivity contribution in [3.8, 4) is 0 Å². The zero-order valence-electron chi connectivity index (χ0n) is 7.80. The topological polar surface area (TPSA) is 78.3 Å². The number of methoxy groups -OCH3 is 1. The molecular formula is C7H10N2O4S. The molecule has 0 N–H and O–H groups in total. The highest BCUT2D eigenvalue weighted by Gasteiger charge is 2.23. The van der Waals surface area contributed by atoms with Crippen molar-refractivity contribution in [2.75, 3.05) is 12.9 Å². The van der Waals surface area contributed by atoms with E-state index in [0.29, 0.717) is 0 Å². The zero-order chi connectivity index (χ0) is 10.8. The molecule has 7 heteroatoms. The lowest BCUT2D eigenvalue weighted by Crippen LogP contribution is -2.20. The third kappa shape index (κ3) is 2.11. The number of hydrogen-bond donors (Lipinski definition) is 0. The summed E-state index contributed by atoms with van der Waals surface area (Å²) < 4.78 is 28.6. The summed E-state index contributed by atoms with van der Waals surface area (Å²) in [5, 5.41) is -0.136. The van der Waals surface area contributed by atoms with E-state index in [9.17, 15) is 13.2 Å². The summed E-state index contributed by atoms with van der Waals surface area (Å²) in [7, 11) is -1.01. The monoisotopic (exact) mass is 218 g/mol. The van der Waals surface area contributed by atoms with Crippen molar-refractivity contribution in [1.82, 2.24) is 9.55 Å². The van der Waals surface area contributed by atoms with Crippen LogP contribution in [0.5, 0.6) is 0 Å². The number of nitrogens with zero attached hydrogens (tertiary/aromatic N) is 2. The van der Waals surface area contributed by atoms with Crippen LogP contribution in [0.1, 0.15) is 0 Å². The van der Waals surface area contributed by atoms with Gasteiger partial charge in [-0.05, 0) is 0 Å². The number of sulfone groups is 1. The van der Waals surface area contributed by atoms with E-state index < -0.39 is 21.6 Å². The van der Waals surface area contributed by atoms with Gasteiger partial charge in [0.15, 0.2) is 5.75 Å². The highest BCUT2D eigenvalue weighted by Crippen LogP contribution is 2.06. The van der Waals surface area contributed by atoms with Gasteiger partial charge in [0, 0.05) is 19.4 Å². The van der Waals surface area contributed by atoms with Crippen molar-refractivity contribution in [3.63, 3.8) is 0 Å². The Kier molecular flexibility index (Phi) is 2.90. The van der Waals surface area contributed by atoms with Crippen LogP contribution in [0.4, 0.5) is 0 Å². The Balaban J connectivity index is 2.98. The maximum atomic E-state index is 11.5. The fourth-order valence-corrected chi connectivity index (χ4v) is 2.21. The van der Waals surface area contributed by atoms with Crippen LogP contribution < -0.4 is 0 Å². The Labute approximate surface area is 81.4 Å². The molecule has 0 unspecified atom stereocenters. The lowest BCUT2D eigenvalue weighted by molar-refractivity contribution is -0.137. The van der Waals surface area contributed by atoms with Gasteiger partial charge in [-0.3, -0.25) is 4.79 Å². The molecular weight excluding hydrogens is 208 g/mol. The molecule has 1 rings (SSSR count). The van der Waals surface area contributed by atoms with Gasteiger partial charge in [0.05, 0.1) is 7.11 Å². The van der Waals surface area contributed by atoms with Gasteiger partial charge in [0.25, 0.3) is 0 Å². The SMILES string of the molecule is COC(=O)CS(=O)(=O)c1nccn1C. The van der Waals surface area contributed by atoms with Crippen LogP contribution in [0.25, 0.3) is 0 Å². The van der Waals surface area contributed by atoms with Gasteiger partial charge in [-0.2, -0.15) is 0 Å². The molecule has 0 aliphatic rings. The molecule has 0 radical (unpaired) electrons. The van der Waals surface area contributed by atoms with Crippen LogP contribution in [0, 0.1) is 0 Å². The van der Waals surface area contributed by atoms with Gasteiger partial charge in [-0.25, -0.2) is 13.4 Å². The molecule has 1 aromatic rings. The first kappa shape index (κ1) is 10.7. The number of aromatic nitrogens is 2. The minimum Gasteiger partial charge on any atom is -0.468 e. The molecule has 0 saturated heterocycles. The van der Waals surface area contributed by atoms with Crippen LogP contribution in [0.15, 0.2) is 17.6 Å². The Bertz CT molecular complexity index is 434. The van der Waals surface area contributed by atoms with Crippen molar-refractivity contribution in [1.29, 1.82) is 0 Å². The lowest BCUT2D eigenvalue weighted by atomic mass is 10.8. The Morgan fingerprint density at radius 1 is 1.64 bits per heavy atom. The maximum Gasteiger partial charge on any atom is 0.321 e. The summed E-state index contributed by atoms with van der Waals surface area (Å²) in [6.45, 7) is 0. The Morgan fingerprint density at radius 2 is 2.29 bits per heavy atom. The van der Waals surface area contributed by atoms with E-state index >= 15 is 0 Å². The first-order valence-corrected chi connectivity index (χ1v) is 5.39. The van der Waals surface area contributed by atoms with Crippen LogP contribution >= 0.6 is 0 Å². The highest BCUT2D eigenvalue weighted by molar-refractivity contribution is 7.91. The van der Waals surface area contributed by atoms with Crippen LogP contribution in [-0.4, -0.2) is 36.8 Å². The minimum absolute atomic E-state index is 0.136. The smallest absolute Gasteiger partial charge is 0.321 e. The molecule has 0 amide bonds. The summed E-state index contributed by atoms with van der Waals surface area (Å²) in [5.74, 6) is -1.48. The number of imidazole rings is 1. The van der Waals surface area contributed by atoms with Gasteiger partial charge >= 0.3 is 5.97 Å². The third-order valence-corrected chi connectivity index (χ3v) is 3.16. The van der Waals surface area contributed by atoms with Crippen molar-refractivity contribution >= 4 is 15.8 Å². The highest BCUT2D eigenvalue weighted by atomic mass is 32.2. The van der Waals surface area contributed by atoms with Gasteiger partial charge in [0.1, 0.15) is 0 Å². The van der Waals surface area contributed by atoms with E-state index in [1.807, 2.05) is 0 Å². The van der Waals surface area contributed by atoms with Crippen LogP contribution in [0.2, 0.25) is 0 Å². The van der Waals surface area contributed by atoms with Gasteiger partial charge in [0.2, 0.25) is 15.0 Å². The van der Waals surface area contributed by atoms with E-state index in [2.05, 4.69) is 9.72 Å². The van der Waals surface area contributed by atoms with E-state index in [-0.39, 0.29) is 5.16 Å². The molecule has 0 bridgehead atoms. The van der Waals surface area contributed by atoms with Gasteiger partial charge in [-0.15, -0.1) is 0 Å². The van der Waals surface area contributed by atoms with Crippen molar-refractivity contribution in [2.24, 2.45) is 7.05 Å². The molecule has 1 heterocycles. The molecule has 0 spiro atoms. The second-order valence-corrected chi connectivity index (χ2v) is 4.54. The van der Waals surface area contributed by atoms with Gasteiger partial charge in [-0.1, -0.05) is 0 Å². The van der Waals surface area contributed by atoms with Crippen LogP contribution in [-0.2, 0) is 26.4 Å². The number of rotatable bonds is 3. The fraction of sp³-hybridized carbons (Fsp3) is 0.429. The molecule has 0 aromatic carbocycles. The first-order chi connectivity index (χ1) is 6.47. The minimum atomic E-state index is -3.68. The molecule has 0 aliphatic heterocycles. The van der Waals surface area contributed by atoms with E-state index in [0.717, 1.165) is 7.11 Å². The average Bonchev–Trinajstić information content (AvgIpc) is 2.51. The molecule has 6 nitrogen and oxygen atoms in total. The molecule has 0 aliphatic carbocycles. The van der Waals surface area contributed by atoms with Crippen molar-refractivity contribution < 1.29 is 17.9 Å². The molecule has 0 saturated carbocycles. The number of esters is 1. The maximum absolute atomic E-state index is 11.5. The summed E-state index contributed by atoms with van der Waals surface area (Å²) in [4.78, 5) is 14.4. The van der Waals surface area contributed by atoms with Crippen LogP contribution in [0.3, 0.4) is 0 Å². The molecule has 78 valence electrons.